The number of carbonyl (C=O) groups is 1. The molecule has 0 unspecified atom stereocenters. The van der Waals surface area contributed by atoms with Crippen LogP contribution < -0.4 is 16.0 Å². The van der Waals surface area contributed by atoms with Gasteiger partial charge in [0, 0.05) is 31.1 Å². The highest BCUT2D eigenvalue weighted by Crippen LogP contribution is 2.07. The molecule has 0 radical (unpaired) electrons. The first-order valence-electron chi connectivity index (χ1n) is 7.57. The maximum absolute atomic E-state index is 13.5. The van der Waals surface area contributed by atoms with Gasteiger partial charge in [-0.15, -0.1) is 24.0 Å². The van der Waals surface area contributed by atoms with E-state index in [2.05, 4.69) is 20.9 Å². The molecular weight excluding hydrogens is 410 g/mol. The second-order valence-corrected chi connectivity index (χ2v) is 5.16. The van der Waals surface area contributed by atoms with Crippen LogP contribution in [-0.2, 0) is 11.3 Å². The van der Waals surface area contributed by atoms with Crippen molar-refractivity contribution in [3.63, 3.8) is 0 Å². The topological polar surface area (TPSA) is 65.5 Å². The molecule has 1 amide bonds. The van der Waals surface area contributed by atoms with Gasteiger partial charge in [-0.1, -0.05) is 32.0 Å². The monoisotopic (exact) mass is 436 g/mol. The second-order valence-electron chi connectivity index (χ2n) is 5.16. The molecule has 1 aromatic carbocycles. The molecule has 1 rings (SSSR count). The van der Waals surface area contributed by atoms with E-state index in [1.807, 2.05) is 20.8 Å². The number of halogens is 2. The Balaban J connectivity index is 0.00000484. The van der Waals surface area contributed by atoms with Crippen LogP contribution in [0.1, 0.15) is 26.3 Å². The average molecular weight is 436 g/mol. The Morgan fingerprint density at radius 1 is 1.17 bits per heavy atom. The van der Waals surface area contributed by atoms with Crippen molar-refractivity contribution >= 4 is 35.8 Å². The lowest BCUT2D eigenvalue weighted by atomic mass is 10.2. The van der Waals surface area contributed by atoms with Gasteiger partial charge in [-0.3, -0.25) is 4.79 Å². The minimum atomic E-state index is -0.258. The number of aliphatic imine (C=N–C) groups is 1. The number of hydrogen-bond donors (Lipinski definition) is 3. The number of nitrogens with one attached hydrogen (secondary N) is 3. The van der Waals surface area contributed by atoms with Crippen molar-refractivity contribution in [3.8, 4) is 0 Å². The van der Waals surface area contributed by atoms with Gasteiger partial charge in [0.2, 0.25) is 5.91 Å². The Morgan fingerprint density at radius 2 is 1.83 bits per heavy atom. The van der Waals surface area contributed by atoms with E-state index >= 15 is 0 Å². The molecule has 5 nitrogen and oxygen atoms in total. The van der Waals surface area contributed by atoms with Crippen LogP contribution in [0.5, 0.6) is 0 Å². The van der Waals surface area contributed by atoms with Crippen LogP contribution in [0.25, 0.3) is 0 Å². The molecular formula is C16H26FIN4O. The molecule has 3 N–H and O–H groups in total. The van der Waals surface area contributed by atoms with Crippen molar-refractivity contribution in [2.24, 2.45) is 10.9 Å². The Labute approximate surface area is 154 Å². The molecule has 0 aliphatic heterocycles. The van der Waals surface area contributed by atoms with E-state index in [1.165, 1.54) is 6.07 Å². The van der Waals surface area contributed by atoms with Crippen LogP contribution in [0.2, 0.25) is 0 Å². The summed E-state index contributed by atoms with van der Waals surface area (Å²) in [6.45, 7) is 7.71. The molecule has 1 aromatic rings. The van der Waals surface area contributed by atoms with Gasteiger partial charge < -0.3 is 16.0 Å². The van der Waals surface area contributed by atoms with Gasteiger partial charge in [-0.2, -0.15) is 0 Å². The first-order chi connectivity index (χ1) is 10.5. The Hall–Kier alpha value is -1.38. The Kier molecular flexibility index (Phi) is 11.4. The molecule has 0 fully saturated rings. The number of nitrogens with zero attached hydrogens (tertiary/aromatic N) is 1. The zero-order chi connectivity index (χ0) is 16.4. The van der Waals surface area contributed by atoms with E-state index in [1.54, 1.807) is 18.2 Å². The van der Waals surface area contributed by atoms with Crippen molar-refractivity contribution in [3.05, 3.63) is 35.6 Å². The standard InChI is InChI=1S/C16H25FN4O.HI/c1-4-18-16(20-10-9-19-15(22)12(2)3)21-11-13-7-5-6-8-14(13)17;/h5-8,12H,4,9-11H2,1-3H3,(H,19,22)(H2,18,20,21);1H. The summed E-state index contributed by atoms with van der Waals surface area (Å²) in [5, 5.41) is 9.01. The normalized spacial score (nSPS) is 10.9. The van der Waals surface area contributed by atoms with Crippen LogP contribution in [-0.4, -0.2) is 31.5 Å². The molecule has 7 heteroatoms. The summed E-state index contributed by atoms with van der Waals surface area (Å²) in [4.78, 5) is 15.8. The highest BCUT2D eigenvalue weighted by Gasteiger charge is 2.05. The summed E-state index contributed by atoms with van der Waals surface area (Å²) < 4.78 is 13.5. The van der Waals surface area contributed by atoms with E-state index in [4.69, 9.17) is 0 Å². The molecule has 0 aliphatic carbocycles. The lowest BCUT2D eigenvalue weighted by Gasteiger charge is -2.12. The lowest BCUT2D eigenvalue weighted by molar-refractivity contribution is -0.123. The SMILES string of the molecule is CCNC(=NCc1ccccc1F)NCCNC(=O)C(C)C.I. The average Bonchev–Trinajstić information content (AvgIpc) is 2.50. The van der Waals surface area contributed by atoms with Crippen LogP contribution in [0.4, 0.5) is 4.39 Å². The number of hydrogen-bond acceptors (Lipinski definition) is 2. The highest BCUT2D eigenvalue weighted by molar-refractivity contribution is 14.0. The molecule has 0 aliphatic rings. The summed E-state index contributed by atoms with van der Waals surface area (Å²) in [6.07, 6.45) is 0. The van der Waals surface area contributed by atoms with E-state index < -0.39 is 0 Å². The molecule has 0 atom stereocenters. The maximum Gasteiger partial charge on any atom is 0.222 e. The number of rotatable bonds is 7. The van der Waals surface area contributed by atoms with Gasteiger partial charge in [0.05, 0.1) is 6.54 Å². The Morgan fingerprint density at radius 3 is 2.43 bits per heavy atom. The third-order valence-electron chi connectivity index (χ3n) is 2.95. The van der Waals surface area contributed by atoms with Gasteiger partial charge in [0.15, 0.2) is 5.96 Å². The van der Waals surface area contributed by atoms with Crippen molar-refractivity contribution < 1.29 is 9.18 Å². The molecule has 0 heterocycles. The molecule has 0 aromatic heterocycles. The van der Waals surface area contributed by atoms with E-state index in [9.17, 15) is 9.18 Å². The maximum atomic E-state index is 13.5. The molecule has 0 spiro atoms. The van der Waals surface area contributed by atoms with Crippen molar-refractivity contribution in [1.82, 2.24) is 16.0 Å². The number of benzene rings is 1. The van der Waals surface area contributed by atoms with Crippen molar-refractivity contribution in [2.75, 3.05) is 19.6 Å². The predicted molar refractivity (Wildman–Crippen MR) is 102 cm³/mol. The van der Waals surface area contributed by atoms with Gasteiger partial charge in [0.1, 0.15) is 5.82 Å². The quantitative estimate of drug-likeness (QED) is 0.266. The molecule has 23 heavy (non-hydrogen) atoms. The first kappa shape index (κ1) is 21.6. The smallest absolute Gasteiger partial charge is 0.222 e. The van der Waals surface area contributed by atoms with Crippen LogP contribution in [0.15, 0.2) is 29.3 Å². The van der Waals surface area contributed by atoms with Crippen LogP contribution in [0, 0.1) is 11.7 Å². The summed E-state index contributed by atoms with van der Waals surface area (Å²) >= 11 is 0. The lowest BCUT2D eigenvalue weighted by Crippen LogP contribution is -2.42. The summed E-state index contributed by atoms with van der Waals surface area (Å²) in [6, 6.07) is 6.58. The molecule has 0 saturated heterocycles. The minimum Gasteiger partial charge on any atom is -0.357 e. The van der Waals surface area contributed by atoms with Gasteiger partial charge >= 0.3 is 0 Å². The molecule has 130 valence electrons. The predicted octanol–water partition coefficient (Wildman–Crippen LogP) is 2.27. The zero-order valence-electron chi connectivity index (χ0n) is 13.9. The van der Waals surface area contributed by atoms with Crippen LogP contribution in [0.3, 0.4) is 0 Å². The van der Waals surface area contributed by atoms with E-state index in [0.29, 0.717) is 31.2 Å². The highest BCUT2D eigenvalue weighted by atomic mass is 127. The zero-order valence-corrected chi connectivity index (χ0v) is 16.2. The molecule has 0 saturated carbocycles. The van der Waals surface area contributed by atoms with Gasteiger partial charge in [0.25, 0.3) is 0 Å². The second kappa shape index (κ2) is 12.1. The summed E-state index contributed by atoms with van der Waals surface area (Å²) in [7, 11) is 0. The number of amides is 1. The van der Waals surface area contributed by atoms with E-state index in [0.717, 1.165) is 0 Å². The van der Waals surface area contributed by atoms with Gasteiger partial charge in [-0.25, -0.2) is 9.38 Å². The van der Waals surface area contributed by atoms with Gasteiger partial charge in [-0.05, 0) is 13.0 Å². The number of carbonyl (C=O) groups excluding carboxylic acids is 1. The minimum absolute atomic E-state index is 0. The Bertz CT molecular complexity index is 509. The third-order valence-corrected chi connectivity index (χ3v) is 2.95. The van der Waals surface area contributed by atoms with Crippen molar-refractivity contribution in [2.45, 2.75) is 27.3 Å². The summed E-state index contributed by atoms with van der Waals surface area (Å²) in [5.41, 5.74) is 0.549. The largest absolute Gasteiger partial charge is 0.357 e. The first-order valence-corrected chi connectivity index (χ1v) is 7.57. The van der Waals surface area contributed by atoms with Crippen molar-refractivity contribution in [1.29, 1.82) is 0 Å². The van der Waals surface area contributed by atoms with Crippen LogP contribution >= 0.6 is 24.0 Å². The number of guanidine groups is 1. The summed E-state index contributed by atoms with van der Waals surface area (Å²) in [5.74, 6) is 0.342. The fraction of sp³-hybridized carbons (Fsp3) is 0.500. The van der Waals surface area contributed by atoms with E-state index in [-0.39, 0.29) is 48.2 Å². The third kappa shape index (κ3) is 8.73. The fourth-order valence-electron chi connectivity index (χ4n) is 1.70. The molecule has 0 bridgehead atoms. The fourth-order valence-corrected chi connectivity index (χ4v) is 1.70.